The third-order valence-corrected chi connectivity index (χ3v) is 1.59. The van der Waals surface area contributed by atoms with Crippen LogP contribution in [0.5, 0.6) is 0 Å². The minimum Gasteiger partial charge on any atom is -0.419 e. The lowest BCUT2D eigenvalue weighted by Crippen LogP contribution is -1.89. The summed E-state index contributed by atoms with van der Waals surface area (Å²) in [5.74, 6) is 4.83. The van der Waals surface area contributed by atoms with Gasteiger partial charge in [0.2, 0.25) is 0 Å². The molecule has 68 valence electrons. The van der Waals surface area contributed by atoms with Crippen molar-refractivity contribution in [3.05, 3.63) is 48.5 Å². The predicted molar refractivity (Wildman–Crippen MR) is 52.4 cm³/mol. The van der Waals surface area contributed by atoms with Crippen LogP contribution >= 0.6 is 0 Å². The second-order valence-electron chi connectivity index (χ2n) is 2.68. The second-order valence-corrected chi connectivity index (χ2v) is 2.68. The van der Waals surface area contributed by atoms with Gasteiger partial charge in [-0.3, -0.25) is 4.98 Å². The molecule has 0 fully saturated rings. The fourth-order valence-electron chi connectivity index (χ4n) is 0.865. The Morgan fingerprint density at radius 3 is 2.92 bits per heavy atom. The van der Waals surface area contributed by atoms with Crippen LogP contribution in [0.2, 0.25) is 0 Å². The van der Waals surface area contributed by atoms with Crippen LogP contribution in [0, 0.1) is 6.92 Å². The van der Waals surface area contributed by atoms with Gasteiger partial charge in [0.1, 0.15) is 6.26 Å². The maximum atomic E-state index is 4.83. The van der Waals surface area contributed by atoms with Crippen molar-refractivity contribution >= 4 is 5.57 Å². The summed E-state index contributed by atoms with van der Waals surface area (Å²) < 4.78 is 0. The zero-order valence-corrected chi connectivity index (χ0v) is 7.53. The van der Waals surface area contributed by atoms with Crippen molar-refractivity contribution in [2.24, 2.45) is 5.90 Å². The second kappa shape index (κ2) is 4.42. The van der Waals surface area contributed by atoms with Crippen LogP contribution in [-0.2, 0) is 4.84 Å². The number of nitrogens with zero attached hydrogens (tertiary/aromatic N) is 1. The minimum absolute atomic E-state index is 0.769. The van der Waals surface area contributed by atoms with Gasteiger partial charge in [-0.2, -0.15) is 5.90 Å². The smallest absolute Gasteiger partial charge is 0.111 e. The molecule has 0 atom stereocenters. The Morgan fingerprint density at radius 2 is 2.38 bits per heavy atom. The Hall–Kier alpha value is -1.61. The normalized spacial score (nSPS) is 10.3. The molecule has 2 N–H and O–H groups in total. The van der Waals surface area contributed by atoms with Gasteiger partial charge in [-0.25, -0.2) is 0 Å². The molecule has 0 aliphatic rings. The van der Waals surface area contributed by atoms with Gasteiger partial charge >= 0.3 is 0 Å². The molecule has 0 aromatic carbocycles. The van der Waals surface area contributed by atoms with Crippen molar-refractivity contribution in [1.82, 2.24) is 4.98 Å². The van der Waals surface area contributed by atoms with Crippen molar-refractivity contribution in [2.45, 2.75) is 6.92 Å². The highest BCUT2D eigenvalue weighted by molar-refractivity contribution is 5.68. The van der Waals surface area contributed by atoms with E-state index < -0.39 is 0 Å². The quantitative estimate of drug-likeness (QED) is 0.434. The van der Waals surface area contributed by atoms with Crippen LogP contribution < -0.4 is 5.90 Å². The number of allylic oxidation sites excluding steroid dienone is 2. The lowest BCUT2D eigenvalue weighted by Gasteiger charge is -1.98. The van der Waals surface area contributed by atoms with Gasteiger partial charge in [0, 0.05) is 6.20 Å². The minimum atomic E-state index is 0.769. The predicted octanol–water partition coefficient (Wildman–Crippen LogP) is 1.81. The number of aryl methyl sites for hydroxylation is 1. The van der Waals surface area contributed by atoms with E-state index >= 15 is 0 Å². The summed E-state index contributed by atoms with van der Waals surface area (Å²) in [6.07, 6.45) is 4.82. The molecule has 0 unspecified atom stereocenters. The Balaban J connectivity index is 2.78. The van der Waals surface area contributed by atoms with E-state index in [1.165, 1.54) is 6.26 Å². The monoisotopic (exact) mass is 176 g/mol. The molecule has 0 saturated carbocycles. The van der Waals surface area contributed by atoms with Crippen molar-refractivity contribution in [2.75, 3.05) is 0 Å². The largest absolute Gasteiger partial charge is 0.419 e. The third-order valence-electron chi connectivity index (χ3n) is 1.59. The first-order valence-electron chi connectivity index (χ1n) is 3.88. The first-order valence-corrected chi connectivity index (χ1v) is 3.88. The van der Waals surface area contributed by atoms with Crippen LogP contribution in [0.4, 0.5) is 0 Å². The topological polar surface area (TPSA) is 48.1 Å². The Labute approximate surface area is 77.5 Å². The molecule has 1 heterocycles. The molecular formula is C10H12N2O. The molecule has 0 saturated heterocycles. The highest BCUT2D eigenvalue weighted by Gasteiger charge is 1.95. The van der Waals surface area contributed by atoms with Gasteiger partial charge in [-0.1, -0.05) is 12.6 Å². The number of nitrogens with two attached hydrogens (primary N) is 1. The zero-order chi connectivity index (χ0) is 9.68. The molecule has 1 aromatic heterocycles. The molecule has 1 rings (SSSR count). The van der Waals surface area contributed by atoms with Crippen LogP contribution in [0.3, 0.4) is 0 Å². The van der Waals surface area contributed by atoms with Crippen molar-refractivity contribution < 1.29 is 4.84 Å². The summed E-state index contributed by atoms with van der Waals surface area (Å²) >= 11 is 0. The molecule has 3 nitrogen and oxygen atoms in total. The molecule has 13 heavy (non-hydrogen) atoms. The summed E-state index contributed by atoms with van der Waals surface area (Å²) in [6.45, 7) is 5.79. The van der Waals surface area contributed by atoms with E-state index in [1.54, 1.807) is 12.3 Å². The van der Waals surface area contributed by atoms with E-state index in [1.807, 2.05) is 19.1 Å². The van der Waals surface area contributed by atoms with Crippen LogP contribution in [0.1, 0.15) is 11.3 Å². The lowest BCUT2D eigenvalue weighted by atomic mass is 10.2. The first kappa shape index (κ1) is 9.48. The van der Waals surface area contributed by atoms with E-state index in [0.29, 0.717) is 0 Å². The fourth-order valence-corrected chi connectivity index (χ4v) is 0.865. The first-order chi connectivity index (χ1) is 6.24. The highest BCUT2D eigenvalue weighted by atomic mass is 16.6. The molecule has 0 spiro atoms. The number of hydrogen-bond acceptors (Lipinski definition) is 3. The van der Waals surface area contributed by atoms with E-state index in [9.17, 15) is 0 Å². The number of pyridine rings is 1. The van der Waals surface area contributed by atoms with Gasteiger partial charge in [0.05, 0.1) is 5.69 Å². The molecule has 1 aromatic rings. The average molecular weight is 176 g/mol. The molecular weight excluding hydrogens is 164 g/mol. The zero-order valence-electron chi connectivity index (χ0n) is 7.53. The van der Waals surface area contributed by atoms with E-state index in [4.69, 9.17) is 5.90 Å². The number of hydrogen-bond donors (Lipinski definition) is 1. The summed E-state index contributed by atoms with van der Waals surface area (Å²) in [6, 6.07) is 3.88. The number of rotatable bonds is 3. The van der Waals surface area contributed by atoms with Gasteiger partial charge in [-0.05, 0) is 30.2 Å². The van der Waals surface area contributed by atoms with Crippen molar-refractivity contribution in [3.8, 4) is 0 Å². The van der Waals surface area contributed by atoms with Crippen LogP contribution in [0.15, 0.2) is 37.2 Å². The maximum Gasteiger partial charge on any atom is 0.111 e. The molecule has 0 radical (unpaired) electrons. The van der Waals surface area contributed by atoms with Gasteiger partial charge in [0.15, 0.2) is 0 Å². The molecule has 0 amide bonds. The Kier molecular flexibility index (Phi) is 3.23. The standard InChI is InChI=1S/C10H12N2O/c1-8-3-4-10(12-7-8)9(2)5-6-13-11/h3-7H,2,11H2,1H3/b6-5-. The third kappa shape index (κ3) is 2.72. The lowest BCUT2D eigenvalue weighted by molar-refractivity contribution is 0.261. The maximum absolute atomic E-state index is 4.83. The van der Waals surface area contributed by atoms with E-state index in [-0.39, 0.29) is 0 Å². The summed E-state index contributed by atoms with van der Waals surface area (Å²) in [7, 11) is 0. The van der Waals surface area contributed by atoms with Gasteiger partial charge < -0.3 is 4.84 Å². The van der Waals surface area contributed by atoms with Crippen molar-refractivity contribution in [3.63, 3.8) is 0 Å². The molecule has 3 heteroatoms. The molecule has 0 bridgehead atoms. The summed E-state index contributed by atoms with van der Waals surface area (Å²) in [4.78, 5) is 8.47. The highest BCUT2D eigenvalue weighted by Crippen LogP contribution is 2.10. The van der Waals surface area contributed by atoms with Crippen molar-refractivity contribution in [1.29, 1.82) is 0 Å². The molecule has 0 aliphatic heterocycles. The van der Waals surface area contributed by atoms with E-state index in [2.05, 4.69) is 16.4 Å². The summed E-state index contributed by atoms with van der Waals surface area (Å²) in [5, 5.41) is 0. The number of aromatic nitrogens is 1. The van der Waals surface area contributed by atoms with Crippen LogP contribution in [-0.4, -0.2) is 4.98 Å². The SMILES string of the molecule is C=C(/C=C\ON)c1ccc(C)cn1. The van der Waals surface area contributed by atoms with Crippen LogP contribution in [0.25, 0.3) is 5.57 Å². The average Bonchev–Trinajstić information content (AvgIpc) is 2.15. The van der Waals surface area contributed by atoms with Gasteiger partial charge in [0.25, 0.3) is 0 Å². The van der Waals surface area contributed by atoms with E-state index in [0.717, 1.165) is 16.8 Å². The molecule has 0 aliphatic carbocycles. The van der Waals surface area contributed by atoms with Gasteiger partial charge in [-0.15, -0.1) is 0 Å². The fraction of sp³-hybridized carbons (Fsp3) is 0.100. The Morgan fingerprint density at radius 1 is 1.62 bits per heavy atom. The Bertz CT molecular complexity index is 314. The summed E-state index contributed by atoms with van der Waals surface area (Å²) in [5.41, 5.74) is 2.71.